The lowest BCUT2D eigenvalue weighted by molar-refractivity contribution is 0.102. The van der Waals surface area contributed by atoms with Crippen LogP contribution in [-0.4, -0.2) is 20.9 Å². The number of amides is 1. The second-order valence-electron chi connectivity index (χ2n) is 6.05. The number of imidazole rings is 1. The van der Waals surface area contributed by atoms with Crippen molar-refractivity contribution in [2.45, 2.75) is 13.3 Å². The van der Waals surface area contributed by atoms with Gasteiger partial charge in [0.1, 0.15) is 17.2 Å². The molecule has 2 aromatic heterocycles. The summed E-state index contributed by atoms with van der Waals surface area (Å²) in [6.07, 6.45) is -1.15. The standard InChI is InChI=1S/C19H13F3N4OS/c1-9-8-23-19(28-9)26-18(27)12-3-2-4-14-15(12)25-17(24-14)13-7-10(20)5-6-11(13)16(21)22/h2-8,16H,1H3,(H,24,25)(H,23,26,27). The summed E-state index contributed by atoms with van der Waals surface area (Å²) < 4.78 is 40.3. The minimum Gasteiger partial charge on any atom is -0.338 e. The molecular weight excluding hydrogens is 389 g/mol. The molecule has 0 aliphatic carbocycles. The highest BCUT2D eigenvalue weighted by Gasteiger charge is 2.20. The number of hydrogen-bond donors (Lipinski definition) is 2. The average Bonchev–Trinajstić information content (AvgIpc) is 3.26. The molecule has 2 N–H and O–H groups in total. The Morgan fingerprint density at radius 3 is 2.79 bits per heavy atom. The number of aryl methyl sites for hydroxylation is 1. The van der Waals surface area contributed by atoms with Gasteiger partial charge in [-0.2, -0.15) is 0 Å². The van der Waals surface area contributed by atoms with Crippen LogP contribution in [0.5, 0.6) is 0 Å². The first-order valence-electron chi connectivity index (χ1n) is 8.23. The van der Waals surface area contributed by atoms with Gasteiger partial charge in [-0.3, -0.25) is 10.1 Å². The van der Waals surface area contributed by atoms with Crippen LogP contribution in [0.1, 0.15) is 27.2 Å². The van der Waals surface area contributed by atoms with Crippen molar-refractivity contribution >= 4 is 33.4 Å². The summed E-state index contributed by atoms with van der Waals surface area (Å²) in [5, 5.41) is 3.14. The van der Waals surface area contributed by atoms with Gasteiger partial charge in [0, 0.05) is 22.2 Å². The van der Waals surface area contributed by atoms with Crippen molar-refractivity contribution < 1.29 is 18.0 Å². The van der Waals surface area contributed by atoms with Gasteiger partial charge < -0.3 is 4.98 Å². The Hall–Kier alpha value is -3.20. The largest absolute Gasteiger partial charge is 0.338 e. The summed E-state index contributed by atoms with van der Waals surface area (Å²) >= 11 is 1.33. The van der Waals surface area contributed by atoms with Gasteiger partial charge >= 0.3 is 0 Å². The lowest BCUT2D eigenvalue weighted by Crippen LogP contribution is -2.12. The molecule has 0 saturated heterocycles. The first kappa shape index (κ1) is 18.2. The van der Waals surface area contributed by atoms with Crippen molar-refractivity contribution in [1.82, 2.24) is 15.0 Å². The molecule has 1 amide bonds. The minimum atomic E-state index is -2.79. The van der Waals surface area contributed by atoms with Crippen LogP contribution in [0.2, 0.25) is 0 Å². The Morgan fingerprint density at radius 1 is 1.25 bits per heavy atom. The van der Waals surface area contributed by atoms with Crippen LogP contribution in [0.15, 0.2) is 42.6 Å². The number of fused-ring (bicyclic) bond motifs is 1. The van der Waals surface area contributed by atoms with Crippen molar-refractivity contribution in [3.63, 3.8) is 0 Å². The molecule has 0 unspecified atom stereocenters. The number of alkyl halides is 2. The highest BCUT2D eigenvalue weighted by molar-refractivity contribution is 7.15. The third-order valence-electron chi connectivity index (χ3n) is 4.10. The molecule has 0 aliphatic heterocycles. The topological polar surface area (TPSA) is 70.7 Å². The maximum absolute atomic E-state index is 13.6. The molecule has 0 fully saturated rings. The van der Waals surface area contributed by atoms with E-state index in [4.69, 9.17) is 0 Å². The van der Waals surface area contributed by atoms with Crippen LogP contribution in [-0.2, 0) is 0 Å². The Labute approximate surface area is 161 Å². The number of carbonyl (C=O) groups excluding carboxylic acids is 1. The molecule has 2 heterocycles. The van der Waals surface area contributed by atoms with Crippen molar-refractivity contribution in [1.29, 1.82) is 0 Å². The SMILES string of the molecule is Cc1cnc(NC(=O)c2cccc3[nH]c(-c4cc(F)ccc4C(F)F)nc23)s1. The normalized spacial score (nSPS) is 11.3. The predicted octanol–water partition coefficient (Wildman–Crippen LogP) is 5.32. The number of rotatable bonds is 4. The Balaban J connectivity index is 1.78. The Morgan fingerprint density at radius 2 is 2.07 bits per heavy atom. The summed E-state index contributed by atoms with van der Waals surface area (Å²) in [7, 11) is 0. The number of halogens is 3. The quantitative estimate of drug-likeness (QED) is 0.485. The average molecular weight is 402 g/mol. The summed E-state index contributed by atoms with van der Waals surface area (Å²) in [5.41, 5.74) is 0.635. The third-order valence-corrected chi connectivity index (χ3v) is 4.93. The molecule has 5 nitrogen and oxygen atoms in total. The van der Waals surface area contributed by atoms with Crippen molar-refractivity contribution in [2.24, 2.45) is 0 Å². The van der Waals surface area contributed by atoms with Gasteiger partial charge in [0.05, 0.1) is 11.1 Å². The molecule has 142 valence electrons. The fourth-order valence-corrected chi connectivity index (χ4v) is 3.50. The van der Waals surface area contributed by atoms with Crippen LogP contribution in [0.4, 0.5) is 18.3 Å². The molecule has 0 atom stereocenters. The van der Waals surface area contributed by atoms with Crippen LogP contribution in [0.25, 0.3) is 22.4 Å². The summed E-state index contributed by atoms with van der Waals surface area (Å²) in [6, 6.07) is 7.88. The van der Waals surface area contributed by atoms with E-state index in [1.165, 1.54) is 11.3 Å². The van der Waals surface area contributed by atoms with E-state index in [-0.39, 0.29) is 22.5 Å². The van der Waals surface area contributed by atoms with Crippen molar-refractivity contribution in [3.05, 3.63) is 64.4 Å². The second kappa shape index (κ2) is 7.08. The number of nitrogens with zero attached hydrogens (tertiary/aromatic N) is 2. The smallest absolute Gasteiger partial charge is 0.264 e. The monoisotopic (exact) mass is 402 g/mol. The van der Waals surface area contributed by atoms with Gasteiger partial charge in [-0.1, -0.05) is 6.07 Å². The first-order valence-corrected chi connectivity index (χ1v) is 9.04. The number of benzene rings is 2. The predicted molar refractivity (Wildman–Crippen MR) is 101 cm³/mol. The van der Waals surface area contributed by atoms with Gasteiger partial charge in [-0.15, -0.1) is 11.3 Å². The van der Waals surface area contributed by atoms with E-state index in [2.05, 4.69) is 20.3 Å². The zero-order chi connectivity index (χ0) is 19.8. The maximum Gasteiger partial charge on any atom is 0.264 e. The first-order chi connectivity index (χ1) is 13.4. The van der Waals surface area contributed by atoms with E-state index in [1.54, 1.807) is 24.4 Å². The fraction of sp³-hybridized carbons (Fsp3) is 0.105. The molecule has 2 aromatic carbocycles. The zero-order valence-corrected chi connectivity index (χ0v) is 15.3. The molecule has 4 aromatic rings. The number of para-hydroxylation sites is 1. The van der Waals surface area contributed by atoms with Gasteiger partial charge in [0.25, 0.3) is 12.3 Å². The van der Waals surface area contributed by atoms with E-state index in [0.29, 0.717) is 16.2 Å². The van der Waals surface area contributed by atoms with E-state index < -0.39 is 18.1 Å². The number of carbonyl (C=O) groups is 1. The molecule has 0 aliphatic rings. The molecule has 9 heteroatoms. The molecule has 4 rings (SSSR count). The van der Waals surface area contributed by atoms with Crippen LogP contribution < -0.4 is 5.32 Å². The number of aromatic nitrogens is 3. The van der Waals surface area contributed by atoms with Crippen LogP contribution in [0.3, 0.4) is 0 Å². The molecular formula is C19H13F3N4OS. The fourth-order valence-electron chi connectivity index (χ4n) is 2.84. The van der Waals surface area contributed by atoms with Gasteiger partial charge in [0.15, 0.2) is 5.13 Å². The number of anilines is 1. The maximum atomic E-state index is 13.6. The summed E-state index contributed by atoms with van der Waals surface area (Å²) in [4.78, 5) is 24.9. The molecule has 0 radical (unpaired) electrons. The van der Waals surface area contributed by atoms with Gasteiger partial charge in [-0.05, 0) is 37.3 Å². The number of thiazole rings is 1. The lowest BCUT2D eigenvalue weighted by Gasteiger charge is -2.06. The number of H-pyrrole nitrogens is 1. The van der Waals surface area contributed by atoms with Gasteiger partial charge in [-0.25, -0.2) is 23.1 Å². The third kappa shape index (κ3) is 3.36. The Bertz CT molecular complexity index is 1190. The van der Waals surface area contributed by atoms with E-state index in [0.717, 1.165) is 23.1 Å². The summed E-state index contributed by atoms with van der Waals surface area (Å²) in [5.74, 6) is -1.02. The molecule has 0 spiro atoms. The van der Waals surface area contributed by atoms with E-state index >= 15 is 0 Å². The van der Waals surface area contributed by atoms with Crippen LogP contribution in [0, 0.1) is 12.7 Å². The molecule has 28 heavy (non-hydrogen) atoms. The highest BCUT2D eigenvalue weighted by Crippen LogP contribution is 2.32. The van der Waals surface area contributed by atoms with Crippen molar-refractivity contribution in [2.75, 3.05) is 5.32 Å². The zero-order valence-electron chi connectivity index (χ0n) is 14.5. The highest BCUT2D eigenvalue weighted by atomic mass is 32.1. The second-order valence-corrected chi connectivity index (χ2v) is 7.28. The van der Waals surface area contributed by atoms with Crippen LogP contribution >= 0.6 is 11.3 Å². The van der Waals surface area contributed by atoms with Gasteiger partial charge in [0.2, 0.25) is 0 Å². The number of hydrogen-bond acceptors (Lipinski definition) is 4. The van der Waals surface area contributed by atoms with Crippen molar-refractivity contribution in [3.8, 4) is 11.4 Å². The summed E-state index contributed by atoms with van der Waals surface area (Å²) in [6.45, 7) is 1.87. The van der Waals surface area contributed by atoms with E-state index in [9.17, 15) is 18.0 Å². The lowest BCUT2D eigenvalue weighted by atomic mass is 10.1. The minimum absolute atomic E-state index is 0.0480. The van der Waals surface area contributed by atoms with E-state index in [1.807, 2.05) is 6.92 Å². The Kier molecular flexibility index (Phi) is 4.60. The molecule has 0 bridgehead atoms. The molecule has 0 saturated carbocycles. The number of aromatic amines is 1. The number of nitrogens with one attached hydrogen (secondary N) is 2.